The molecular weight excluding hydrogens is 366 g/mol. The van der Waals surface area contributed by atoms with Crippen molar-refractivity contribution in [2.24, 2.45) is 4.99 Å². The van der Waals surface area contributed by atoms with Crippen LogP contribution in [0.15, 0.2) is 40.2 Å². The number of carbonyl (C=O) groups is 1. The second kappa shape index (κ2) is 7.90. The van der Waals surface area contributed by atoms with Gasteiger partial charge in [0.05, 0.1) is 17.2 Å². The van der Waals surface area contributed by atoms with Gasteiger partial charge in [-0.25, -0.2) is 8.42 Å². The summed E-state index contributed by atoms with van der Waals surface area (Å²) in [6, 6.07) is 8.43. The molecule has 2 aliphatic rings. The predicted molar refractivity (Wildman–Crippen MR) is 99.0 cm³/mol. The number of nitrogens with zero attached hydrogens (tertiary/aromatic N) is 3. The number of benzene rings is 1. The Hall–Kier alpha value is -1.03. The van der Waals surface area contributed by atoms with Gasteiger partial charge in [-0.15, -0.1) is 0 Å². The Morgan fingerprint density at radius 1 is 1.17 bits per heavy atom. The zero-order chi connectivity index (χ0) is 17.0. The van der Waals surface area contributed by atoms with E-state index in [2.05, 4.69) is 4.99 Å². The minimum absolute atomic E-state index is 0.0481. The maximum Gasteiger partial charge on any atom is 0.243 e. The Morgan fingerprint density at radius 2 is 1.88 bits per heavy atom. The molecule has 0 aliphatic carbocycles. The van der Waals surface area contributed by atoms with Crippen molar-refractivity contribution in [3.05, 3.63) is 30.3 Å². The first-order chi connectivity index (χ1) is 11.6. The minimum atomic E-state index is -3.47. The topological polar surface area (TPSA) is 70.1 Å². The van der Waals surface area contributed by atoms with E-state index in [1.165, 1.54) is 16.1 Å². The van der Waals surface area contributed by atoms with Crippen molar-refractivity contribution in [2.75, 3.05) is 44.2 Å². The predicted octanol–water partition coefficient (Wildman–Crippen LogP) is 1.36. The van der Waals surface area contributed by atoms with Crippen LogP contribution in [-0.4, -0.2) is 72.1 Å². The van der Waals surface area contributed by atoms with Crippen molar-refractivity contribution in [1.82, 2.24) is 9.21 Å². The van der Waals surface area contributed by atoms with Gasteiger partial charge in [-0.05, 0) is 12.1 Å². The second-order valence-electron chi connectivity index (χ2n) is 5.38. The highest BCUT2D eigenvalue weighted by atomic mass is 32.2. The van der Waals surface area contributed by atoms with Crippen molar-refractivity contribution in [2.45, 2.75) is 4.90 Å². The summed E-state index contributed by atoms with van der Waals surface area (Å²) in [6.07, 6.45) is 0. The van der Waals surface area contributed by atoms with E-state index in [1.807, 2.05) is 0 Å². The second-order valence-corrected chi connectivity index (χ2v) is 9.63. The van der Waals surface area contributed by atoms with E-state index in [4.69, 9.17) is 0 Å². The van der Waals surface area contributed by atoms with Gasteiger partial charge < -0.3 is 4.90 Å². The summed E-state index contributed by atoms with van der Waals surface area (Å²) in [5, 5.41) is 0. The number of amides is 1. The quantitative estimate of drug-likeness (QED) is 0.783. The zero-order valence-electron chi connectivity index (χ0n) is 13.1. The molecule has 0 N–H and O–H groups in total. The first kappa shape index (κ1) is 17.8. The standard InChI is InChI=1S/C15H19N3O3S3/c19-14(12-23-15-16-6-11-22-15)17-7-9-18(10-8-17)24(20,21)13-4-2-1-3-5-13/h1-5H,6-12H2. The van der Waals surface area contributed by atoms with E-state index in [0.717, 1.165) is 16.7 Å². The van der Waals surface area contributed by atoms with Crippen molar-refractivity contribution in [3.63, 3.8) is 0 Å². The third kappa shape index (κ3) is 4.14. The molecular formula is C15H19N3O3S3. The lowest BCUT2D eigenvalue weighted by atomic mass is 10.3. The third-order valence-electron chi connectivity index (χ3n) is 3.85. The first-order valence-corrected chi connectivity index (χ1v) is 11.1. The molecule has 0 atom stereocenters. The Morgan fingerprint density at radius 3 is 2.50 bits per heavy atom. The minimum Gasteiger partial charge on any atom is -0.339 e. The average Bonchev–Trinajstić information content (AvgIpc) is 3.14. The third-order valence-corrected chi connectivity index (χ3v) is 8.00. The van der Waals surface area contributed by atoms with Crippen LogP contribution in [-0.2, 0) is 14.8 Å². The Balaban J connectivity index is 1.52. The normalized spacial score (nSPS) is 19.3. The van der Waals surface area contributed by atoms with E-state index in [1.54, 1.807) is 47.0 Å². The Bertz CT molecular complexity index is 714. The number of aliphatic imine (C=N–C) groups is 1. The van der Waals surface area contributed by atoms with Crippen LogP contribution in [0.5, 0.6) is 0 Å². The van der Waals surface area contributed by atoms with Crippen LogP contribution < -0.4 is 0 Å². The molecule has 2 heterocycles. The number of hydrogen-bond acceptors (Lipinski definition) is 6. The fourth-order valence-electron chi connectivity index (χ4n) is 2.54. The van der Waals surface area contributed by atoms with Crippen LogP contribution >= 0.6 is 23.5 Å². The first-order valence-electron chi connectivity index (χ1n) is 7.70. The summed E-state index contributed by atoms with van der Waals surface area (Å²) < 4.78 is 27.6. The molecule has 130 valence electrons. The lowest BCUT2D eigenvalue weighted by Crippen LogP contribution is -2.51. The van der Waals surface area contributed by atoms with Gasteiger partial charge in [0.25, 0.3) is 0 Å². The van der Waals surface area contributed by atoms with Gasteiger partial charge in [0.2, 0.25) is 15.9 Å². The summed E-state index contributed by atoms with van der Waals surface area (Å²) in [5.41, 5.74) is 0. The number of thioether (sulfide) groups is 2. The molecule has 0 aromatic heterocycles. The van der Waals surface area contributed by atoms with Gasteiger partial charge >= 0.3 is 0 Å². The van der Waals surface area contributed by atoms with Gasteiger partial charge in [0.1, 0.15) is 4.38 Å². The fourth-order valence-corrected chi connectivity index (χ4v) is 5.89. The summed E-state index contributed by atoms with van der Waals surface area (Å²) in [6.45, 7) is 2.38. The molecule has 1 aromatic rings. The summed E-state index contributed by atoms with van der Waals surface area (Å²) in [5.74, 6) is 1.41. The number of rotatable bonds is 4. The molecule has 0 saturated carbocycles. The molecule has 1 aromatic carbocycles. The van der Waals surface area contributed by atoms with E-state index in [9.17, 15) is 13.2 Å². The highest BCUT2D eigenvalue weighted by Crippen LogP contribution is 2.23. The van der Waals surface area contributed by atoms with Gasteiger partial charge in [-0.2, -0.15) is 4.31 Å². The van der Waals surface area contributed by atoms with E-state index >= 15 is 0 Å². The van der Waals surface area contributed by atoms with Gasteiger partial charge in [0, 0.05) is 31.9 Å². The molecule has 0 unspecified atom stereocenters. The Labute approximate surface area is 150 Å². The number of sulfonamides is 1. The molecule has 0 bridgehead atoms. The molecule has 1 fully saturated rings. The van der Waals surface area contributed by atoms with Crippen molar-refractivity contribution < 1.29 is 13.2 Å². The van der Waals surface area contributed by atoms with Crippen molar-refractivity contribution in [3.8, 4) is 0 Å². The lowest BCUT2D eigenvalue weighted by Gasteiger charge is -2.34. The molecule has 1 amide bonds. The molecule has 3 rings (SSSR count). The lowest BCUT2D eigenvalue weighted by molar-refractivity contribution is -0.129. The zero-order valence-corrected chi connectivity index (χ0v) is 15.6. The summed E-state index contributed by atoms with van der Waals surface area (Å²) in [4.78, 5) is 18.6. The summed E-state index contributed by atoms with van der Waals surface area (Å²) in [7, 11) is -3.47. The maximum absolute atomic E-state index is 12.6. The van der Waals surface area contributed by atoms with Crippen LogP contribution in [0.25, 0.3) is 0 Å². The highest BCUT2D eigenvalue weighted by molar-refractivity contribution is 8.39. The van der Waals surface area contributed by atoms with Crippen molar-refractivity contribution in [1.29, 1.82) is 0 Å². The molecule has 0 radical (unpaired) electrons. The average molecular weight is 386 g/mol. The number of carbonyl (C=O) groups excluding carboxylic acids is 1. The number of piperazine rings is 1. The van der Waals surface area contributed by atoms with Gasteiger partial charge in [-0.1, -0.05) is 41.7 Å². The maximum atomic E-state index is 12.6. The SMILES string of the molecule is O=C(CSC1=NCCS1)N1CCN(S(=O)(=O)c2ccccc2)CC1. The smallest absolute Gasteiger partial charge is 0.243 e. The monoisotopic (exact) mass is 385 g/mol. The molecule has 9 heteroatoms. The van der Waals surface area contributed by atoms with Crippen LogP contribution in [0, 0.1) is 0 Å². The van der Waals surface area contributed by atoms with Crippen LogP contribution in [0.1, 0.15) is 0 Å². The molecule has 0 spiro atoms. The molecule has 1 saturated heterocycles. The molecule has 6 nitrogen and oxygen atoms in total. The molecule has 2 aliphatic heterocycles. The highest BCUT2D eigenvalue weighted by Gasteiger charge is 2.30. The van der Waals surface area contributed by atoms with Gasteiger partial charge in [0.15, 0.2) is 0 Å². The van der Waals surface area contributed by atoms with E-state index < -0.39 is 10.0 Å². The van der Waals surface area contributed by atoms with Crippen LogP contribution in [0.3, 0.4) is 0 Å². The van der Waals surface area contributed by atoms with Gasteiger partial charge in [-0.3, -0.25) is 9.79 Å². The molecule has 24 heavy (non-hydrogen) atoms. The van der Waals surface area contributed by atoms with Crippen LogP contribution in [0.4, 0.5) is 0 Å². The number of hydrogen-bond donors (Lipinski definition) is 0. The fraction of sp³-hybridized carbons (Fsp3) is 0.467. The van der Waals surface area contributed by atoms with E-state index in [-0.39, 0.29) is 5.91 Å². The van der Waals surface area contributed by atoms with Crippen molar-refractivity contribution >= 4 is 43.8 Å². The summed E-state index contributed by atoms with van der Waals surface area (Å²) >= 11 is 3.17. The van der Waals surface area contributed by atoms with Crippen LogP contribution in [0.2, 0.25) is 0 Å². The largest absolute Gasteiger partial charge is 0.339 e. The Kier molecular flexibility index (Phi) is 5.85. The van der Waals surface area contributed by atoms with E-state index in [0.29, 0.717) is 36.8 Å².